The molecule has 0 aromatic rings. The van der Waals surface area contributed by atoms with Crippen LogP contribution in [0.15, 0.2) is 0 Å². The largest absolute Gasteiger partial charge is 0.447 e. The molecule has 1 aliphatic heterocycles. The lowest BCUT2D eigenvalue weighted by Crippen LogP contribution is -2.31. The quantitative estimate of drug-likeness (QED) is 0.590. The third-order valence-corrected chi connectivity index (χ3v) is 4.40. The van der Waals surface area contributed by atoms with Gasteiger partial charge in [0, 0.05) is 6.54 Å². The summed E-state index contributed by atoms with van der Waals surface area (Å²) in [6.07, 6.45) is 0.00859. The molecule has 0 aromatic heterocycles. The average Bonchev–Trinajstić information content (AvgIpc) is 2.66. The molecule has 18 heavy (non-hydrogen) atoms. The Hall–Kier alpha value is -0.860. The van der Waals surface area contributed by atoms with Crippen molar-refractivity contribution < 1.29 is 27.8 Å². The first-order valence-electron chi connectivity index (χ1n) is 5.83. The van der Waals surface area contributed by atoms with Crippen molar-refractivity contribution >= 4 is 15.9 Å². The van der Waals surface area contributed by atoms with Gasteiger partial charge in [-0.05, 0) is 12.3 Å². The third kappa shape index (κ3) is 6.18. The molecule has 0 radical (unpaired) electrons. The van der Waals surface area contributed by atoms with Gasteiger partial charge in [-0.15, -0.1) is 0 Å². The number of rotatable bonds is 7. The van der Waals surface area contributed by atoms with Crippen molar-refractivity contribution in [2.45, 2.75) is 6.42 Å². The molecule has 1 aliphatic rings. The van der Waals surface area contributed by atoms with Gasteiger partial charge in [0.25, 0.3) is 0 Å². The topological polar surface area (TPSA) is 102 Å². The second-order valence-corrected chi connectivity index (χ2v) is 6.35. The number of carbonyl (C=O) groups excluding carboxylic acids is 1. The molecule has 1 fully saturated rings. The molecule has 1 saturated heterocycles. The van der Waals surface area contributed by atoms with Crippen molar-refractivity contribution in [3.05, 3.63) is 0 Å². The molecular weight excluding hydrogens is 262 g/mol. The molecule has 0 spiro atoms. The number of aliphatic hydroxyl groups excluding tert-OH is 1. The van der Waals surface area contributed by atoms with E-state index in [1.807, 2.05) is 0 Å². The molecule has 0 aromatic carbocycles. The highest BCUT2D eigenvalue weighted by atomic mass is 32.2. The van der Waals surface area contributed by atoms with Crippen molar-refractivity contribution in [1.29, 1.82) is 0 Å². The highest BCUT2D eigenvalue weighted by Gasteiger charge is 2.27. The number of ether oxygens (including phenoxy) is 2. The number of nitrogens with one attached hydrogen (secondary N) is 1. The second kappa shape index (κ2) is 7.55. The summed E-state index contributed by atoms with van der Waals surface area (Å²) >= 11 is 0. The first-order chi connectivity index (χ1) is 8.53. The molecule has 1 atom stereocenters. The second-order valence-electron chi connectivity index (χ2n) is 4.12. The zero-order chi connectivity index (χ0) is 13.4. The maximum Gasteiger partial charge on any atom is 0.407 e. The summed E-state index contributed by atoms with van der Waals surface area (Å²) in [4.78, 5) is 11.2. The SMILES string of the molecule is O=C(NCC1CCS(=O)(=O)C1)OCCOCCO. The maximum absolute atomic E-state index is 11.2. The monoisotopic (exact) mass is 281 g/mol. The molecule has 0 bridgehead atoms. The summed E-state index contributed by atoms with van der Waals surface area (Å²) < 4.78 is 32.1. The van der Waals surface area contributed by atoms with Crippen LogP contribution in [0.4, 0.5) is 4.79 Å². The minimum absolute atomic E-state index is 0.0202. The highest BCUT2D eigenvalue weighted by Crippen LogP contribution is 2.17. The number of amides is 1. The zero-order valence-electron chi connectivity index (χ0n) is 10.1. The van der Waals surface area contributed by atoms with E-state index in [1.54, 1.807) is 0 Å². The Kier molecular flexibility index (Phi) is 6.37. The molecule has 1 heterocycles. The summed E-state index contributed by atoms with van der Waals surface area (Å²) in [6, 6.07) is 0. The number of carbonyl (C=O) groups is 1. The van der Waals surface area contributed by atoms with Crippen LogP contribution in [-0.2, 0) is 19.3 Å². The smallest absolute Gasteiger partial charge is 0.407 e. The standard InChI is InChI=1S/C10H19NO6S/c12-2-3-16-4-5-17-10(13)11-7-9-1-6-18(14,15)8-9/h9,12H,1-8H2,(H,11,13). The van der Waals surface area contributed by atoms with Gasteiger partial charge in [-0.2, -0.15) is 0 Å². The Morgan fingerprint density at radius 2 is 2.11 bits per heavy atom. The van der Waals surface area contributed by atoms with E-state index in [0.717, 1.165) is 0 Å². The predicted octanol–water partition coefficient (Wildman–Crippen LogP) is -0.844. The fraction of sp³-hybridized carbons (Fsp3) is 0.900. The number of hydrogen-bond donors (Lipinski definition) is 2. The van der Waals surface area contributed by atoms with Gasteiger partial charge in [0.1, 0.15) is 6.61 Å². The molecule has 2 N–H and O–H groups in total. The summed E-state index contributed by atoms with van der Waals surface area (Å²) in [5.41, 5.74) is 0. The zero-order valence-corrected chi connectivity index (χ0v) is 10.9. The van der Waals surface area contributed by atoms with E-state index in [-0.39, 0.29) is 43.9 Å². The lowest BCUT2D eigenvalue weighted by molar-refractivity contribution is 0.0535. The Morgan fingerprint density at radius 1 is 1.33 bits per heavy atom. The van der Waals surface area contributed by atoms with E-state index in [2.05, 4.69) is 5.32 Å². The molecule has 1 unspecified atom stereocenters. The Balaban J connectivity index is 2.04. The van der Waals surface area contributed by atoms with Crippen molar-refractivity contribution in [3.63, 3.8) is 0 Å². The van der Waals surface area contributed by atoms with Gasteiger partial charge in [0.2, 0.25) is 0 Å². The van der Waals surface area contributed by atoms with E-state index in [0.29, 0.717) is 13.0 Å². The van der Waals surface area contributed by atoms with Crippen LogP contribution in [0.2, 0.25) is 0 Å². The van der Waals surface area contributed by atoms with Crippen molar-refractivity contribution in [2.75, 3.05) is 44.5 Å². The Labute approximate surface area is 106 Å². The van der Waals surface area contributed by atoms with Crippen molar-refractivity contribution in [1.82, 2.24) is 5.32 Å². The van der Waals surface area contributed by atoms with E-state index >= 15 is 0 Å². The number of hydrogen-bond acceptors (Lipinski definition) is 6. The van der Waals surface area contributed by atoms with E-state index in [1.165, 1.54) is 0 Å². The van der Waals surface area contributed by atoms with Gasteiger partial charge in [-0.1, -0.05) is 0 Å². The lowest BCUT2D eigenvalue weighted by atomic mass is 10.1. The van der Waals surface area contributed by atoms with Crippen LogP contribution in [-0.4, -0.2) is 64.1 Å². The lowest BCUT2D eigenvalue weighted by Gasteiger charge is -2.10. The minimum atomic E-state index is -2.91. The summed E-state index contributed by atoms with van der Waals surface area (Å²) in [5.74, 6) is 0.309. The van der Waals surface area contributed by atoms with Crippen LogP contribution in [0.25, 0.3) is 0 Å². The molecule has 8 heteroatoms. The molecule has 1 amide bonds. The molecule has 1 rings (SSSR count). The first-order valence-corrected chi connectivity index (χ1v) is 7.65. The van der Waals surface area contributed by atoms with Crippen LogP contribution >= 0.6 is 0 Å². The molecule has 0 saturated carbocycles. The van der Waals surface area contributed by atoms with Crippen LogP contribution in [0.3, 0.4) is 0 Å². The van der Waals surface area contributed by atoms with Crippen molar-refractivity contribution in [2.24, 2.45) is 5.92 Å². The summed E-state index contributed by atoms with van der Waals surface area (Å²) in [5, 5.41) is 11.0. The fourth-order valence-electron chi connectivity index (χ4n) is 1.67. The average molecular weight is 281 g/mol. The van der Waals surface area contributed by atoms with Gasteiger partial charge in [0.05, 0.1) is 31.3 Å². The van der Waals surface area contributed by atoms with Gasteiger partial charge in [-0.25, -0.2) is 13.2 Å². The van der Waals surface area contributed by atoms with Crippen LogP contribution in [0.1, 0.15) is 6.42 Å². The van der Waals surface area contributed by atoms with Crippen LogP contribution < -0.4 is 5.32 Å². The molecule has 7 nitrogen and oxygen atoms in total. The molecule has 0 aliphatic carbocycles. The third-order valence-electron chi connectivity index (χ3n) is 2.56. The number of alkyl carbamates (subject to hydrolysis) is 1. The molecule has 106 valence electrons. The normalized spacial score (nSPS) is 21.7. The fourth-order valence-corrected chi connectivity index (χ4v) is 3.53. The van der Waals surface area contributed by atoms with Gasteiger partial charge in [0.15, 0.2) is 9.84 Å². The van der Waals surface area contributed by atoms with Gasteiger partial charge >= 0.3 is 6.09 Å². The van der Waals surface area contributed by atoms with Crippen LogP contribution in [0, 0.1) is 5.92 Å². The summed E-state index contributed by atoms with van der Waals surface area (Å²) in [7, 11) is -2.91. The number of sulfone groups is 1. The van der Waals surface area contributed by atoms with Crippen molar-refractivity contribution in [3.8, 4) is 0 Å². The van der Waals surface area contributed by atoms with Gasteiger partial charge in [-0.3, -0.25) is 0 Å². The summed E-state index contributed by atoms with van der Waals surface area (Å²) in [6.45, 7) is 0.795. The molecular formula is C10H19NO6S. The number of aliphatic hydroxyl groups is 1. The van der Waals surface area contributed by atoms with Crippen LogP contribution in [0.5, 0.6) is 0 Å². The first kappa shape index (κ1) is 15.2. The van der Waals surface area contributed by atoms with Gasteiger partial charge < -0.3 is 19.9 Å². The Morgan fingerprint density at radius 3 is 2.72 bits per heavy atom. The van der Waals surface area contributed by atoms with E-state index in [4.69, 9.17) is 14.6 Å². The van der Waals surface area contributed by atoms with E-state index in [9.17, 15) is 13.2 Å². The minimum Gasteiger partial charge on any atom is -0.447 e. The predicted molar refractivity (Wildman–Crippen MR) is 64.0 cm³/mol. The maximum atomic E-state index is 11.2. The Bertz CT molecular complexity index is 355. The van der Waals surface area contributed by atoms with E-state index < -0.39 is 15.9 Å². The highest BCUT2D eigenvalue weighted by molar-refractivity contribution is 7.91.